The minimum absolute atomic E-state index is 0.0945. The zero-order valence-electron chi connectivity index (χ0n) is 12.4. The van der Waals surface area contributed by atoms with Crippen molar-refractivity contribution < 1.29 is 9.84 Å². The second-order valence-corrected chi connectivity index (χ2v) is 5.93. The van der Waals surface area contributed by atoms with Crippen molar-refractivity contribution in [3.05, 3.63) is 29.8 Å². The van der Waals surface area contributed by atoms with Crippen LogP contribution in [0.5, 0.6) is 5.75 Å². The van der Waals surface area contributed by atoms with Gasteiger partial charge in [0, 0.05) is 6.04 Å². The minimum Gasteiger partial charge on any atom is -0.491 e. The van der Waals surface area contributed by atoms with Gasteiger partial charge < -0.3 is 15.6 Å². The Balaban J connectivity index is 1.75. The summed E-state index contributed by atoms with van der Waals surface area (Å²) >= 11 is 0. The first kappa shape index (κ1) is 15.3. The van der Waals surface area contributed by atoms with Gasteiger partial charge in [-0.15, -0.1) is 0 Å². The number of ether oxygens (including phenoxy) is 1. The summed E-state index contributed by atoms with van der Waals surface area (Å²) in [5.74, 6) is 1.50. The fourth-order valence-corrected chi connectivity index (χ4v) is 2.94. The number of aliphatic hydroxyl groups excluding tert-OH is 1. The normalized spacial score (nSPS) is 18.9. The first-order valence-corrected chi connectivity index (χ1v) is 7.85. The fraction of sp³-hybridized carbons (Fsp3) is 0.647. The van der Waals surface area contributed by atoms with E-state index in [2.05, 4.69) is 6.92 Å². The Morgan fingerprint density at radius 1 is 1.25 bits per heavy atom. The van der Waals surface area contributed by atoms with E-state index >= 15 is 0 Å². The maximum absolute atomic E-state index is 10.0. The average Bonchev–Trinajstić information content (AvgIpc) is 2.97. The third kappa shape index (κ3) is 4.50. The zero-order valence-corrected chi connectivity index (χ0v) is 12.4. The van der Waals surface area contributed by atoms with Crippen LogP contribution in [0.3, 0.4) is 0 Å². The van der Waals surface area contributed by atoms with Crippen LogP contribution in [-0.2, 0) is 0 Å². The highest BCUT2D eigenvalue weighted by atomic mass is 16.5. The van der Waals surface area contributed by atoms with E-state index in [0.29, 0.717) is 12.5 Å². The number of hydrogen-bond donors (Lipinski definition) is 2. The molecule has 0 bridgehead atoms. The quantitative estimate of drug-likeness (QED) is 0.803. The molecule has 3 heteroatoms. The molecule has 0 amide bonds. The maximum atomic E-state index is 10.0. The molecule has 0 saturated heterocycles. The molecule has 2 unspecified atom stereocenters. The largest absolute Gasteiger partial charge is 0.491 e. The van der Waals surface area contributed by atoms with Crippen molar-refractivity contribution in [1.29, 1.82) is 0 Å². The fourth-order valence-electron chi connectivity index (χ4n) is 2.94. The Morgan fingerprint density at radius 3 is 2.50 bits per heavy atom. The van der Waals surface area contributed by atoms with Crippen LogP contribution in [0.1, 0.15) is 57.1 Å². The van der Waals surface area contributed by atoms with Gasteiger partial charge >= 0.3 is 0 Å². The van der Waals surface area contributed by atoms with Gasteiger partial charge in [-0.1, -0.05) is 44.7 Å². The molecule has 0 spiro atoms. The number of hydrogen-bond acceptors (Lipinski definition) is 3. The molecule has 0 heterocycles. The molecule has 2 atom stereocenters. The average molecular weight is 277 g/mol. The van der Waals surface area contributed by atoms with Crippen LogP contribution in [0.4, 0.5) is 0 Å². The monoisotopic (exact) mass is 277 g/mol. The van der Waals surface area contributed by atoms with Gasteiger partial charge in [-0.05, 0) is 36.5 Å². The van der Waals surface area contributed by atoms with Crippen molar-refractivity contribution in [2.75, 3.05) is 6.61 Å². The Hall–Kier alpha value is -1.06. The van der Waals surface area contributed by atoms with Gasteiger partial charge in [-0.3, -0.25) is 0 Å². The third-order valence-corrected chi connectivity index (χ3v) is 4.27. The van der Waals surface area contributed by atoms with E-state index in [9.17, 15) is 5.11 Å². The first-order chi connectivity index (χ1) is 9.69. The molecule has 1 aromatic carbocycles. The molecule has 0 aliphatic heterocycles. The highest BCUT2D eigenvalue weighted by Gasteiger charge is 2.19. The van der Waals surface area contributed by atoms with Gasteiger partial charge in [-0.25, -0.2) is 0 Å². The summed E-state index contributed by atoms with van der Waals surface area (Å²) in [5, 5.41) is 10.0. The van der Waals surface area contributed by atoms with E-state index in [4.69, 9.17) is 10.5 Å². The number of nitrogens with two attached hydrogens (primary N) is 1. The molecule has 1 aliphatic carbocycles. The summed E-state index contributed by atoms with van der Waals surface area (Å²) in [6, 6.07) is 7.98. The number of benzene rings is 1. The van der Waals surface area contributed by atoms with Gasteiger partial charge in [0.1, 0.15) is 12.4 Å². The van der Waals surface area contributed by atoms with Crippen molar-refractivity contribution >= 4 is 0 Å². The summed E-state index contributed by atoms with van der Waals surface area (Å²) in [5.41, 5.74) is 7.11. The molecule has 0 aromatic heterocycles. The lowest BCUT2D eigenvalue weighted by Crippen LogP contribution is -2.20. The summed E-state index contributed by atoms with van der Waals surface area (Å²) < 4.78 is 5.66. The maximum Gasteiger partial charge on any atom is 0.119 e. The summed E-state index contributed by atoms with van der Waals surface area (Å²) in [7, 11) is 0. The van der Waals surface area contributed by atoms with Crippen LogP contribution in [0.15, 0.2) is 24.3 Å². The van der Waals surface area contributed by atoms with Crippen molar-refractivity contribution in [1.82, 2.24) is 0 Å². The highest BCUT2D eigenvalue weighted by Crippen LogP contribution is 2.28. The lowest BCUT2D eigenvalue weighted by atomic mass is 10.0. The standard InChI is InChI=1S/C17H27NO2/c1-2-17(18)14-7-9-16(10-8-14)20-12-15(19)11-13-5-3-4-6-13/h7-10,13,15,17,19H,2-6,11-12,18H2,1H3. The van der Waals surface area contributed by atoms with E-state index in [-0.39, 0.29) is 12.1 Å². The van der Waals surface area contributed by atoms with Gasteiger partial charge in [-0.2, -0.15) is 0 Å². The topological polar surface area (TPSA) is 55.5 Å². The second kappa shape index (κ2) is 7.65. The van der Waals surface area contributed by atoms with Gasteiger partial charge in [0.05, 0.1) is 6.10 Å². The Labute approximate surface area is 122 Å². The molecule has 0 radical (unpaired) electrons. The summed E-state index contributed by atoms with van der Waals surface area (Å²) in [6.45, 7) is 2.46. The second-order valence-electron chi connectivity index (χ2n) is 5.93. The van der Waals surface area contributed by atoms with Gasteiger partial charge in [0.15, 0.2) is 0 Å². The molecule has 1 aromatic rings. The van der Waals surface area contributed by atoms with Crippen LogP contribution < -0.4 is 10.5 Å². The van der Waals surface area contributed by atoms with E-state index in [1.165, 1.54) is 25.7 Å². The van der Waals surface area contributed by atoms with Crippen LogP contribution in [0.2, 0.25) is 0 Å². The predicted octanol–water partition coefficient (Wildman–Crippen LogP) is 3.42. The summed E-state index contributed by atoms with van der Waals surface area (Å²) in [4.78, 5) is 0. The molecular weight excluding hydrogens is 250 g/mol. The first-order valence-electron chi connectivity index (χ1n) is 7.85. The molecular formula is C17H27NO2. The van der Waals surface area contributed by atoms with Crippen molar-refractivity contribution in [3.8, 4) is 5.75 Å². The third-order valence-electron chi connectivity index (χ3n) is 4.27. The van der Waals surface area contributed by atoms with Crippen molar-refractivity contribution in [3.63, 3.8) is 0 Å². The van der Waals surface area contributed by atoms with E-state index in [1.54, 1.807) is 0 Å². The van der Waals surface area contributed by atoms with Gasteiger partial charge in [0.2, 0.25) is 0 Å². The van der Waals surface area contributed by atoms with Crippen LogP contribution >= 0.6 is 0 Å². The predicted molar refractivity (Wildman–Crippen MR) is 81.7 cm³/mol. The lowest BCUT2D eigenvalue weighted by Gasteiger charge is -2.16. The van der Waals surface area contributed by atoms with Crippen LogP contribution in [0, 0.1) is 5.92 Å². The van der Waals surface area contributed by atoms with Crippen molar-refractivity contribution in [2.24, 2.45) is 11.7 Å². The van der Waals surface area contributed by atoms with Crippen LogP contribution in [0.25, 0.3) is 0 Å². The summed E-state index contributed by atoms with van der Waals surface area (Å²) in [6.07, 6.45) is 6.62. The minimum atomic E-state index is -0.351. The molecule has 1 aliphatic rings. The van der Waals surface area contributed by atoms with Crippen molar-refractivity contribution in [2.45, 2.75) is 57.6 Å². The SMILES string of the molecule is CCC(N)c1ccc(OCC(O)CC2CCCC2)cc1. The molecule has 20 heavy (non-hydrogen) atoms. The van der Waals surface area contributed by atoms with E-state index in [0.717, 1.165) is 24.2 Å². The Morgan fingerprint density at radius 2 is 1.90 bits per heavy atom. The number of aliphatic hydroxyl groups is 1. The van der Waals surface area contributed by atoms with Gasteiger partial charge in [0.25, 0.3) is 0 Å². The molecule has 2 rings (SSSR count). The smallest absolute Gasteiger partial charge is 0.119 e. The Bertz CT molecular complexity index is 384. The molecule has 1 saturated carbocycles. The number of rotatable bonds is 7. The Kier molecular flexibility index (Phi) is 5.86. The molecule has 112 valence electrons. The van der Waals surface area contributed by atoms with E-state index in [1.807, 2.05) is 24.3 Å². The molecule has 3 nitrogen and oxygen atoms in total. The zero-order chi connectivity index (χ0) is 14.4. The molecule has 1 fully saturated rings. The molecule has 3 N–H and O–H groups in total. The highest BCUT2D eigenvalue weighted by molar-refractivity contribution is 5.29. The van der Waals surface area contributed by atoms with Crippen LogP contribution in [-0.4, -0.2) is 17.8 Å². The lowest BCUT2D eigenvalue weighted by molar-refractivity contribution is 0.0855. The van der Waals surface area contributed by atoms with E-state index < -0.39 is 0 Å².